The van der Waals surface area contributed by atoms with Crippen molar-refractivity contribution in [2.45, 2.75) is 19.3 Å². The van der Waals surface area contributed by atoms with Crippen LogP contribution in [-0.2, 0) is 4.79 Å². The van der Waals surface area contributed by atoms with Gasteiger partial charge in [0.1, 0.15) is 11.4 Å². The molecular formula is C16H18N2O4. The summed E-state index contributed by atoms with van der Waals surface area (Å²) in [6.45, 7) is 0. The van der Waals surface area contributed by atoms with Crippen molar-refractivity contribution in [3.63, 3.8) is 0 Å². The normalized spacial score (nSPS) is 34.1. The Labute approximate surface area is 128 Å². The molecule has 1 amide bonds. The minimum Gasteiger partial charge on any atom is -0.496 e. The van der Waals surface area contributed by atoms with E-state index in [1.165, 1.54) is 32.4 Å². The number of ether oxygens (including phenoxy) is 1. The number of hydrogen-bond donors (Lipinski definition) is 1. The SMILES string of the molecule is COc1ccc(NC(=O)C2[C@@H]3[C@@H]4CC[C@H](C4)[C@@H]23)c([N+](=O)[O-])c1. The Morgan fingerprint density at radius 2 is 2.00 bits per heavy atom. The number of amides is 1. The molecular weight excluding hydrogens is 284 g/mol. The van der Waals surface area contributed by atoms with Crippen LogP contribution in [0.15, 0.2) is 18.2 Å². The van der Waals surface area contributed by atoms with Crippen molar-refractivity contribution >= 4 is 17.3 Å². The van der Waals surface area contributed by atoms with Crippen LogP contribution in [0, 0.1) is 39.7 Å². The Kier molecular flexibility index (Phi) is 2.89. The number of carbonyl (C=O) groups is 1. The third-order valence-electron chi connectivity index (χ3n) is 5.70. The second-order valence-electron chi connectivity index (χ2n) is 6.64. The van der Waals surface area contributed by atoms with E-state index < -0.39 is 4.92 Å². The van der Waals surface area contributed by atoms with Gasteiger partial charge in [0.15, 0.2) is 0 Å². The molecule has 3 fully saturated rings. The summed E-state index contributed by atoms with van der Waals surface area (Å²) in [6.07, 6.45) is 3.78. The highest BCUT2D eigenvalue weighted by molar-refractivity contribution is 5.97. The zero-order valence-electron chi connectivity index (χ0n) is 12.3. The van der Waals surface area contributed by atoms with Gasteiger partial charge in [-0.1, -0.05) is 0 Å². The van der Waals surface area contributed by atoms with Crippen LogP contribution in [0.5, 0.6) is 5.75 Å². The first-order valence-electron chi connectivity index (χ1n) is 7.73. The average Bonchev–Trinajstić information content (AvgIpc) is 2.96. The second kappa shape index (κ2) is 4.69. The zero-order chi connectivity index (χ0) is 15.4. The van der Waals surface area contributed by atoms with Crippen LogP contribution in [0.1, 0.15) is 19.3 Å². The van der Waals surface area contributed by atoms with E-state index in [4.69, 9.17) is 4.74 Å². The highest BCUT2D eigenvalue weighted by Gasteiger charge is 2.67. The lowest BCUT2D eigenvalue weighted by Crippen LogP contribution is -2.19. The van der Waals surface area contributed by atoms with Crippen molar-refractivity contribution in [2.75, 3.05) is 12.4 Å². The van der Waals surface area contributed by atoms with Gasteiger partial charge in [-0.25, -0.2) is 0 Å². The van der Waals surface area contributed by atoms with Crippen LogP contribution in [0.2, 0.25) is 0 Å². The smallest absolute Gasteiger partial charge is 0.296 e. The Morgan fingerprint density at radius 3 is 2.59 bits per heavy atom. The van der Waals surface area contributed by atoms with Gasteiger partial charge in [-0.2, -0.15) is 0 Å². The molecule has 0 aliphatic heterocycles. The molecule has 0 radical (unpaired) electrons. The Hall–Kier alpha value is -2.11. The largest absolute Gasteiger partial charge is 0.496 e. The van der Waals surface area contributed by atoms with Gasteiger partial charge in [-0.3, -0.25) is 14.9 Å². The van der Waals surface area contributed by atoms with Crippen LogP contribution in [0.3, 0.4) is 0 Å². The third-order valence-corrected chi connectivity index (χ3v) is 5.70. The molecule has 0 saturated heterocycles. The second-order valence-corrected chi connectivity index (χ2v) is 6.64. The minimum absolute atomic E-state index is 0.0557. The number of carbonyl (C=O) groups excluding carboxylic acids is 1. The van der Waals surface area contributed by atoms with Crippen LogP contribution < -0.4 is 10.1 Å². The summed E-state index contributed by atoms with van der Waals surface area (Å²) < 4.78 is 5.00. The van der Waals surface area contributed by atoms with Gasteiger partial charge in [0, 0.05) is 5.92 Å². The van der Waals surface area contributed by atoms with Crippen LogP contribution in [0.4, 0.5) is 11.4 Å². The van der Waals surface area contributed by atoms with Gasteiger partial charge in [0.25, 0.3) is 5.69 Å². The first kappa shape index (κ1) is 13.5. The topological polar surface area (TPSA) is 81.5 Å². The fraction of sp³-hybridized carbons (Fsp3) is 0.562. The highest BCUT2D eigenvalue weighted by atomic mass is 16.6. The van der Waals surface area contributed by atoms with Crippen LogP contribution >= 0.6 is 0 Å². The maximum absolute atomic E-state index is 12.5. The molecule has 0 aromatic heterocycles. The number of nitrogens with zero attached hydrogens (tertiary/aromatic N) is 1. The number of benzene rings is 1. The summed E-state index contributed by atoms with van der Waals surface area (Å²) in [5.41, 5.74) is 0.134. The lowest BCUT2D eigenvalue weighted by Gasteiger charge is -2.10. The molecule has 1 aromatic rings. The van der Waals surface area contributed by atoms with Gasteiger partial charge in [0.2, 0.25) is 5.91 Å². The molecule has 6 nitrogen and oxygen atoms in total. The van der Waals surface area contributed by atoms with E-state index in [1.807, 2.05) is 0 Å². The minimum atomic E-state index is -0.491. The van der Waals surface area contributed by atoms with Crippen LogP contribution in [0.25, 0.3) is 0 Å². The molecule has 3 saturated carbocycles. The molecule has 3 aliphatic carbocycles. The molecule has 0 spiro atoms. The summed E-state index contributed by atoms with van der Waals surface area (Å²) in [6, 6.07) is 4.51. The van der Waals surface area contributed by atoms with Crippen molar-refractivity contribution in [3.8, 4) is 5.75 Å². The molecule has 1 aromatic carbocycles. The quantitative estimate of drug-likeness (QED) is 0.685. The summed E-state index contributed by atoms with van der Waals surface area (Å²) in [4.78, 5) is 23.1. The molecule has 0 heterocycles. The lowest BCUT2D eigenvalue weighted by molar-refractivity contribution is -0.384. The molecule has 2 bridgehead atoms. The molecule has 3 aliphatic rings. The standard InChI is InChI=1S/C16H18N2O4/c1-22-10-4-5-11(12(7-10)18(20)21)17-16(19)15-13-8-2-3-9(6-8)14(13)15/h4-5,7-9,13-15H,2-3,6H2,1H3,(H,17,19)/t8-,9-,13-,14-/m1/s1. The third kappa shape index (κ3) is 1.90. The van der Waals surface area contributed by atoms with E-state index in [9.17, 15) is 14.9 Å². The number of nitro groups is 1. The van der Waals surface area contributed by atoms with E-state index in [0.717, 1.165) is 0 Å². The fourth-order valence-electron chi connectivity index (χ4n) is 4.79. The Bertz CT molecular complexity index is 644. The predicted molar refractivity (Wildman–Crippen MR) is 79.6 cm³/mol. The van der Waals surface area contributed by atoms with Gasteiger partial charge in [-0.05, 0) is 55.1 Å². The number of fused-ring (bicyclic) bond motifs is 5. The number of nitro benzene ring substituents is 1. The Balaban J connectivity index is 1.52. The summed E-state index contributed by atoms with van der Waals surface area (Å²) in [5.74, 6) is 2.87. The number of methoxy groups -OCH3 is 1. The molecule has 0 unspecified atom stereocenters. The number of hydrogen-bond acceptors (Lipinski definition) is 4. The maximum atomic E-state index is 12.5. The van der Waals surface area contributed by atoms with Crippen molar-refractivity contribution in [1.82, 2.24) is 0 Å². The van der Waals surface area contributed by atoms with Crippen molar-refractivity contribution < 1.29 is 14.5 Å². The van der Waals surface area contributed by atoms with Crippen molar-refractivity contribution in [1.29, 1.82) is 0 Å². The molecule has 1 N–H and O–H groups in total. The van der Waals surface area contributed by atoms with Gasteiger partial charge in [0.05, 0.1) is 18.1 Å². The van der Waals surface area contributed by atoms with Crippen molar-refractivity contribution in [2.24, 2.45) is 29.6 Å². The van der Waals surface area contributed by atoms with Gasteiger partial charge in [-0.15, -0.1) is 0 Å². The first-order valence-corrected chi connectivity index (χ1v) is 7.73. The number of nitrogens with one attached hydrogen (secondary N) is 1. The summed E-state index contributed by atoms with van der Waals surface area (Å²) >= 11 is 0. The zero-order valence-corrected chi connectivity index (χ0v) is 12.3. The summed E-state index contributed by atoms with van der Waals surface area (Å²) in [5, 5.41) is 13.9. The van der Waals surface area contributed by atoms with E-state index in [2.05, 4.69) is 5.32 Å². The van der Waals surface area contributed by atoms with E-state index in [-0.39, 0.29) is 23.2 Å². The maximum Gasteiger partial charge on any atom is 0.296 e. The van der Waals surface area contributed by atoms with Gasteiger partial charge < -0.3 is 10.1 Å². The Morgan fingerprint density at radius 1 is 1.32 bits per heavy atom. The molecule has 4 rings (SSSR count). The number of anilines is 1. The monoisotopic (exact) mass is 302 g/mol. The fourth-order valence-corrected chi connectivity index (χ4v) is 4.79. The lowest BCUT2D eigenvalue weighted by atomic mass is 10.0. The molecule has 22 heavy (non-hydrogen) atoms. The van der Waals surface area contributed by atoms with Crippen LogP contribution in [-0.4, -0.2) is 17.9 Å². The van der Waals surface area contributed by atoms with E-state index in [0.29, 0.717) is 29.4 Å². The number of rotatable bonds is 4. The predicted octanol–water partition coefficient (Wildman–Crippen LogP) is 2.83. The first-order chi connectivity index (χ1) is 10.6. The van der Waals surface area contributed by atoms with Gasteiger partial charge >= 0.3 is 0 Å². The molecule has 116 valence electrons. The summed E-state index contributed by atoms with van der Waals surface area (Å²) in [7, 11) is 1.46. The molecule has 4 atom stereocenters. The van der Waals surface area contributed by atoms with E-state index in [1.54, 1.807) is 12.1 Å². The van der Waals surface area contributed by atoms with Crippen molar-refractivity contribution in [3.05, 3.63) is 28.3 Å². The average molecular weight is 302 g/mol. The van der Waals surface area contributed by atoms with E-state index >= 15 is 0 Å². The highest BCUT2D eigenvalue weighted by Crippen LogP contribution is 2.69. The molecule has 6 heteroatoms.